The zero-order valence-corrected chi connectivity index (χ0v) is 16.2. The number of ether oxygens (including phenoxy) is 2. The van der Waals surface area contributed by atoms with E-state index in [0.717, 1.165) is 0 Å². The van der Waals surface area contributed by atoms with Crippen molar-refractivity contribution in [2.45, 2.75) is 18.9 Å². The molecule has 3 heterocycles. The van der Waals surface area contributed by atoms with Crippen molar-refractivity contribution in [1.29, 1.82) is 0 Å². The number of carbonyl (C=O) groups is 1. The molecule has 0 saturated carbocycles. The fraction of sp³-hybridized carbons (Fsp3) is 0.250. The number of piperidine rings is 1. The average molecular weight is 424 g/mol. The van der Waals surface area contributed by atoms with Gasteiger partial charge in [-0.2, -0.15) is 5.10 Å². The van der Waals surface area contributed by atoms with E-state index in [4.69, 9.17) is 21.0 Å². The SMILES string of the molecule is C#Cc1c(Oc2ccc(-n3cncn3)cc2F)ncnc1OC1CCN(C(=O)O)CC1. The highest BCUT2D eigenvalue weighted by Crippen LogP contribution is 2.31. The Balaban J connectivity index is 1.51. The highest BCUT2D eigenvalue weighted by atomic mass is 19.1. The maximum absolute atomic E-state index is 14.6. The largest absolute Gasteiger partial charge is 0.473 e. The van der Waals surface area contributed by atoms with E-state index in [1.807, 2.05) is 0 Å². The van der Waals surface area contributed by atoms with Gasteiger partial charge in [0, 0.05) is 32.0 Å². The molecule has 2 aromatic heterocycles. The summed E-state index contributed by atoms with van der Waals surface area (Å²) < 4.78 is 27.5. The van der Waals surface area contributed by atoms with Crippen molar-refractivity contribution in [3.05, 3.63) is 48.6 Å². The molecule has 1 amide bonds. The maximum atomic E-state index is 14.6. The van der Waals surface area contributed by atoms with Crippen LogP contribution in [0, 0.1) is 18.2 Å². The summed E-state index contributed by atoms with van der Waals surface area (Å²) in [6.45, 7) is 0.701. The topological polar surface area (TPSA) is 115 Å². The van der Waals surface area contributed by atoms with Crippen LogP contribution >= 0.6 is 0 Å². The number of nitrogens with zero attached hydrogens (tertiary/aromatic N) is 6. The standard InChI is InChI=1S/C20H17FN6O4/c1-2-15-18(30-14-5-7-26(8-6-14)20(28)29)23-11-24-19(15)31-17-4-3-13(9-16(17)21)27-12-22-10-25-27/h1,3-4,9-12,14H,5-8H2,(H,28,29). The number of terminal acetylenes is 1. The molecule has 0 atom stereocenters. The van der Waals surface area contributed by atoms with Crippen molar-refractivity contribution in [2.75, 3.05) is 13.1 Å². The summed E-state index contributed by atoms with van der Waals surface area (Å²) in [4.78, 5) is 24.3. The molecule has 1 aliphatic heterocycles. The van der Waals surface area contributed by atoms with Gasteiger partial charge >= 0.3 is 6.09 Å². The normalized spacial score (nSPS) is 14.1. The zero-order valence-electron chi connectivity index (χ0n) is 16.2. The Morgan fingerprint density at radius 2 is 2.00 bits per heavy atom. The minimum atomic E-state index is -0.961. The van der Waals surface area contributed by atoms with Crippen LogP contribution in [-0.2, 0) is 0 Å². The predicted octanol–water partition coefficient (Wildman–Crippen LogP) is 2.49. The number of benzene rings is 1. The van der Waals surface area contributed by atoms with Crippen molar-refractivity contribution in [1.82, 2.24) is 29.6 Å². The molecule has 1 saturated heterocycles. The van der Waals surface area contributed by atoms with Crippen molar-refractivity contribution in [3.8, 4) is 35.5 Å². The summed E-state index contributed by atoms with van der Waals surface area (Å²) in [5.41, 5.74) is 0.613. The molecule has 0 aliphatic carbocycles. The Labute approximate surface area is 176 Å². The summed E-state index contributed by atoms with van der Waals surface area (Å²) in [6.07, 6.45) is 9.37. The van der Waals surface area contributed by atoms with Gasteiger partial charge in [-0.15, -0.1) is 6.42 Å². The van der Waals surface area contributed by atoms with Crippen LogP contribution in [0.15, 0.2) is 37.2 Å². The first-order chi connectivity index (χ1) is 15.0. The third-order valence-corrected chi connectivity index (χ3v) is 4.72. The number of aromatic nitrogens is 5. The van der Waals surface area contributed by atoms with Gasteiger partial charge in [-0.3, -0.25) is 0 Å². The van der Waals surface area contributed by atoms with E-state index in [1.165, 1.54) is 40.7 Å². The third kappa shape index (κ3) is 4.37. The van der Waals surface area contributed by atoms with Gasteiger partial charge in [-0.05, 0) is 12.1 Å². The molecule has 4 rings (SSSR count). The molecule has 158 valence electrons. The van der Waals surface area contributed by atoms with E-state index in [-0.39, 0.29) is 29.2 Å². The Hall–Kier alpha value is -4.20. The van der Waals surface area contributed by atoms with Gasteiger partial charge < -0.3 is 19.5 Å². The number of hydrogen-bond donors (Lipinski definition) is 1. The number of likely N-dealkylation sites (tertiary alicyclic amines) is 1. The van der Waals surface area contributed by atoms with Gasteiger partial charge in [-0.1, -0.05) is 5.92 Å². The third-order valence-electron chi connectivity index (χ3n) is 4.72. The molecule has 1 N–H and O–H groups in total. The fourth-order valence-corrected chi connectivity index (χ4v) is 3.13. The Morgan fingerprint density at radius 1 is 1.23 bits per heavy atom. The maximum Gasteiger partial charge on any atom is 0.407 e. The van der Waals surface area contributed by atoms with Crippen LogP contribution in [0.5, 0.6) is 17.5 Å². The Bertz CT molecular complexity index is 1120. The summed E-state index contributed by atoms with van der Waals surface area (Å²) >= 11 is 0. The van der Waals surface area contributed by atoms with Gasteiger partial charge in [0.1, 0.15) is 30.6 Å². The lowest BCUT2D eigenvalue weighted by molar-refractivity contribution is 0.0867. The van der Waals surface area contributed by atoms with E-state index in [0.29, 0.717) is 31.6 Å². The first kappa shape index (κ1) is 20.1. The quantitative estimate of drug-likeness (QED) is 0.621. The fourth-order valence-electron chi connectivity index (χ4n) is 3.13. The van der Waals surface area contributed by atoms with Crippen LogP contribution in [-0.4, -0.2) is 60.0 Å². The summed E-state index contributed by atoms with van der Waals surface area (Å²) in [5.74, 6) is 1.81. The number of halogens is 1. The van der Waals surface area contributed by atoms with Gasteiger partial charge in [-0.25, -0.2) is 28.8 Å². The Kier molecular flexibility index (Phi) is 5.61. The summed E-state index contributed by atoms with van der Waals surface area (Å²) in [5, 5.41) is 13.0. The predicted molar refractivity (Wildman–Crippen MR) is 105 cm³/mol. The van der Waals surface area contributed by atoms with Crippen LogP contribution in [0.1, 0.15) is 18.4 Å². The van der Waals surface area contributed by atoms with Gasteiger partial charge in [0.05, 0.1) is 5.69 Å². The molecular formula is C20H17FN6O4. The monoisotopic (exact) mass is 424 g/mol. The molecule has 3 aromatic rings. The molecule has 0 bridgehead atoms. The highest BCUT2D eigenvalue weighted by Gasteiger charge is 2.25. The van der Waals surface area contributed by atoms with Crippen LogP contribution in [0.3, 0.4) is 0 Å². The molecule has 0 unspecified atom stereocenters. The van der Waals surface area contributed by atoms with E-state index < -0.39 is 11.9 Å². The van der Waals surface area contributed by atoms with Crippen LogP contribution < -0.4 is 9.47 Å². The molecule has 1 aliphatic rings. The summed E-state index contributed by atoms with van der Waals surface area (Å²) in [6, 6.07) is 4.28. The van der Waals surface area contributed by atoms with Gasteiger partial charge in [0.25, 0.3) is 0 Å². The lowest BCUT2D eigenvalue weighted by atomic mass is 10.1. The number of carboxylic acid groups (broad SMARTS) is 1. The first-order valence-electron chi connectivity index (χ1n) is 9.33. The number of hydrogen-bond acceptors (Lipinski definition) is 7. The zero-order chi connectivity index (χ0) is 21.8. The second kappa shape index (κ2) is 8.66. The first-order valence-corrected chi connectivity index (χ1v) is 9.33. The number of amides is 1. The number of rotatable bonds is 5. The van der Waals surface area contributed by atoms with E-state index in [9.17, 15) is 9.18 Å². The van der Waals surface area contributed by atoms with Crippen molar-refractivity contribution < 1.29 is 23.8 Å². The molecule has 10 nitrogen and oxygen atoms in total. The molecule has 0 radical (unpaired) electrons. The minimum absolute atomic E-state index is 0.0251. The van der Waals surface area contributed by atoms with Gasteiger partial charge in [0.15, 0.2) is 11.6 Å². The second-order valence-corrected chi connectivity index (χ2v) is 6.65. The van der Waals surface area contributed by atoms with E-state index in [2.05, 4.69) is 26.0 Å². The van der Waals surface area contributed by atoms with E-state index >= 15 is 0 Å². The van der Waals surface area contributed by atoms with Crippen LogP contribution in [0.4, 0.5) is 9.18 Å². The van der Waals surface area contributed by atoms with Crippen molar-refractivity contribution >= 4 is 6.09 Å². The Morgan fingerprint density at radius 3 is 2.65 bits per heavy atom. The van der Waals surface area contributed by atoms with E-state index in [1.54, 1.807) is 6.07 Å². The molecule has 31 heavy (non-hydrogen) atoms. The molecule has 0 spiro atoms. The second-order valence-electron chi connectivity index (χ2n) is 6.65. The molecule has 11 heteroatoms. The minimum Gasteiger partial charge on any atom is -0.473 e. The molecular weight excluding hydrogens is 407 g/mol. The van der Waals surface area contributed by atoms with Crippen molar-refractivity contribution in [2.24, 2.45) is 0 Å². The summed E-state index contributed by atoms with van der Waals surface area (Å²) in [7, 11) is 0. The van der Waals surface area contributed by atoms with Crippen LogP contribution in [0.2, 0.25) is 0 Å². The molecule has 1 fully saturated rings. The highest BCUT2D eigenvalue weighted by molar-refractivity contribution is 5.65. The smallest absolute Gasteiger partial charge is 0.407 e. The lowest BCUT2D eigenvalue weighted by Gasteiger charge is -2.30. The molecule has 1 aromatic carbocycles. The van der Waals surface area contributed by atoms with Gasteiger partial charge in [0.2, 0.25) is 11.8 Å². The van der Waals surface area contributed by atoms with Crippen molar-refractivity contribution in [3.63, 3.8) is 0 Å². The lowest BCUT2D eigenvalue weighted by Crippen LogP contribution is -2.41. The average Bonchev–Trinajstić information content (AvgIpc) is 3.31. The van der Waals surface area contributed by atoms with Crippen LogP contribution in [0.25, 0.3) is 5.69 Å².